The van der Waals surface area contributed by atoms with E-state index in [4.69, 9.17) is 4.74 Å². The van der Waals surface area contributed by atoms with Gasteiger partial charge >= 0.3 is 0 Å². The first-order chi connectivity index (χ1) is 13.4. The maximum absolute atomic E-state index is 12.6. The average molecular weight is 401 g/mol. The number of hydrogen-bond acceptors (Lipinski definition) is 5. The van der Waals surface area contributed by atoms with Crippen molar-refractivity contribution in [3.05, 3.63) is 59.9 Å². The smallest absolute Gasteiger partial charge is 0.249 e. The number of rotatable bonds is 5. The Balaban J connectivity index is 1.44. The van der Waals surface area contributed by atoms with Crippen LogP contribution in [0.4, 0.5) is 5.69 Å². The van der Waals surface area contributed by atoms with Crippen LogP contribution in [-0.2, 0) is 31.4 Å². The second-order valence-electron chi connectivity index (χ2n) is 7.47. The molecule has 4 rings (SSSR count). The number of nitrogens with zero attached hydrogens (tertiary/aromatic N) is 2. The van der Waals surface area contributed by atoms with Crippen molar-refractivity contribution in [2.75, 3.05) is 30.3 Å². The van der Waals surface area contributed by atoms with E-state index >= 15 is 0 Å². The molecular weight excluding hydrogens is 378 g/mol. The van der Waals surface area contributed by atoms with Gasteiger partial charge in [0.15, 0.2) is 0 Å². The SMILES string of the molecule is CS(=O)(=O)N1C[C@]2(CO[C@@H](C(=O)NCCc3cccnc3)C2)c2ccccc21. The monoisotopic (exact) mass is 401 g/mol. The third kappa shape index (κ3) is 3.49. The molecule has 1 fully saturated rings. The number of carbonyl (C=O) groups is 1. The van der Waals surface area contributed by atoms with Crippen LogP contribution in [0.25, 0.3) is 0 Å². The number of aromatic nitrogens is 1. The molecule has 28 heavy (non-hydrogen) atoms. The van der Waals surface area contributed by atoms with Crippen LogP contribution >= 0.6 is 0 Å². The highest BCUT2D eigenvalue weighted by Gasteiger charge is 2.52. The number of ether oxygens (including phenoxy) is 1. The zero-order valence-corrected chi connectivity index (χ0v) is 16.5. The van der Waals surface area contributed by atoms with Crippen molar-refractivity contribution in [3.63, 3.8) is 0 Å². The molecule has 0 unspecified atom stereocenters. The standard InChI is InChI=1S/C20H23N3O4S/c1-28(25,26)23-13-20(16-6-2-3-7-17(16)23)11-18(27-14-20)19(24)22-10-8-15-5-4-9-21-12-15/h2-7,9,12,18H,8,10-11,13-14H2,1H3,(H,22,24)/t18-,20-/m1/s1. The molecule has 148 valence electrons. The maximum Gasteiger partial charge on any atom is 0.249 e. The Kier molecular flexibility index (Phi) is 4.84. The number of nitrogens with one attached hydrogen (secondary N) is 1. The number of hydrogen-bond donors (Lipinski definition) is 1. The van der Waals surface area contributed by atoms with Crippen LogP contribution < -0.4 is 9.62 Å². The molecule has 7 nitrogen and oxygen atoms in total. The van der Waals surface area contributed by atoms with Crippen LogP contribution in [-0.4, -0.2) is 51.4 Å². The second-order valence-corrected chi connectivity index (χ2v) is 9.38. The van der Waals surface area contributed by atoms with Gasteiger partial charge < -0.3 is 10.1 Å². The highest BCUT2D eigenvalue weighted by Crippen LogP contribution is 2.48. The number of carbonyl (C=O) groups excluding carboxylic acids is 1. The summed E-state index contributed by atoms with van der Waals surface area (Å²) in [6.07, 6.45) is 5.29. The van der Waals surface area contributed by atoms with Gasteiger partial charge in [-0.3, -0.25) is 14.1 Å². The van der Waals surface area contributed by atoms with Crippen molar-refractivity contribution in [1.29, 1.82) is 0 Å². The summed E-state index contributed by atoms with van der Waals surface area (Å²) >= 11 is 0. The zero-order chi connectivity index (χ0) is 19.8. The summed E-state index contributed by atoms with van der Waals surface area (Å²) in [7, 11) is -3.39. The fourth-order valence-electron chi connectivity index (χ4n) is 4.07. The van der Waals surface area contributed by atoms with Gasteiger partial charge in [-0.2, -0.15) is 0 Å². The molecule has 2 atom stereocenters. The van der Waals surface area contributed by atoms with Crippen LogP contribution in [0.1, 0.15) is 17.5 Å². The summed E-state index contributed by atoms with van der Waals surface area (Å²) in [5.74, 6) is -0.156. The largest absolute Gasteiger partial charge is 0.367 e. The number of para-hydroxylation sites is 1. The van der Waals surface area contributed by atoms with Crippen LogP contribution in [0.15, 0.2) is 48.8 Å². The summed E-state index contributed by atoms with van der Waals surface area (Å²) in [4.78, 5) is 16.6. The lowest BCUT2D eigenvalue weighted by Gasteiger charge is -2.23. The van der Waals surface area contributed by atoms with Gasteiger partial charge in [-0.1, -0.05) is 24.3 Å². The first kappa shape index (κ1) is 18.9. The minimum atomic E-state index is -3.39. The molecule has 0 bridgehead atoms. The molecule has 3 heterocycles. The van der Waals surface area contributed by atoms with E-state index in [0.29, 0.717) is 38.2 Å². The van der Waals surface area contributed by atoms with E-state index in [0.717, 1.165) is 11.1 Å². The molecule has 1 N–H and O–H groups in total. The number of benzene rings is 1. The first-order valence-electron chi connectivity index (χ1n) is 9.24. The Morgan fingerprint density at radius 3 is 2.89 bits per heavy atom. The third-order valence-corrected chi connectivity index (χ3v) is 6.58. The number of fused-ring (bicyclic) bond motifs is 2. The molecule has 1 aromatic heterocycles. The van der Waals surface area contributed by atoms with Crippen molar-refractivity contribution in [3.8, 4) is 0 Å². The molecule has 2 aliphatic heterocycles. The highest BCUT2D eigenvalue weighted by molar-refractivity contribution is 7.92. The fourth-order valence-corrected chi connectivity index (χ4v) is 5.07. The lowest BCUT2D eigenvalue weighted by molar-refractivity contribution is -0.129. The van der Waals surface area contributed by atoms with Gasteiger partial charge in [0.1, 0.15) is 6.10 Å². The zero-order valence-electron chi connectivity index (χ0n) is 15.7. The van der Waals surface area contributed by atoms with E-state index in [1.807, 2.05) is 36.4 Å². The normalized spacial score (nSPS) is 23.8. The highest BCUT2D eigenvalue weighted by atomic mass is 32.2. The minimum absolute atomic E-state index is 0.156. The fraction of sp³-hybridized carbons (Fsp3) is 0.400. The topological polar surface area (TPSA) is 88.6 Å². The lowest BCUT2D eigenvalue weighted by atomic mass is 9.80. The van der Waals surface area contributed by atoms with Crippen molar-refractivity contribution < 1.29 is 17.9 Å². The van der Waals surface area contributed by atoms with E-state index in [-0.39, 0.29) is 5.91 Å². The Morgan fingerprint density at radius 2 is 2.14 bits per heavy atom. The summed E-state index contributed by atoms with van der Waals surface area (Å²) in [6.45, 7) is 1.14. The molecule has 2 aliphatic rings. The van der Waals surface area contributed by atoms with Crippen LogP contribution in [0, 0.1) is 0 Å². The molecule has 8 heteroatoms. The predicted molar refractivity (Wildman–Crippen MR) is 106 cm³/mol. The molecule has 2 aromatic rings. The summed E-state index contributed by atoms with van der Waals surface area (Å²) < 4.78 is 31.7. The van der Waals surface area contributed by atoms with E-state index in [1.54, 1.807) is 12.4 Å². The van der Waals surface area contributed by atoms with E-state index < -0.39 is 21.5 Å². The number of pyridine rings is 1. The van der Waals surface area contributed by atoms with E-state index in [1.165, 1.54) is 10.6 Å². The van der Waals surface area contributed by atoms with Crippen molar-refractivity contribution >= 4 is 21.6 Å². The van der Waals surface area contributed by atoms with Crippen molar-refractivity contribution in [2.45, 2.75) is 24.4 Å². The van der Waals surface area contributed by atoms with Crippen molar-refractivity contribution in [1.82, 2.24) is 10.3 Å². The molecule has 0 saturated carbocycles. The number of anilines is 1. The van der Waals surface area contributed by atoms with E-state index in [2.05, 4.69) is 10.3 Å². The second kappa shape index (κ2) is 7.18. The molecule has 1 spiro atoms. The molecular formula is C20H23N3O4S. The van der Waals surface area contributed by atoms with Gasteiger partial charge in [0.05, 0.1) is 18.6 Å². The number of sulfonamides is 1. The van der Waals surface area contributed by atoms with Crippen molar-refractivity contribution in [2.24, 2.45) is 0 Å². The summed E-state index contributed by atoms with van der Waals surface area (Å²) in [6, 6.07) is 11.3. The Labute approximate surface area is 164 Å². The predicted octanol–water partition coefficient (Wildman–Crippen LogP) is 1.25. The number of amides is 1. The van der Waals surface area contributed by atoms with Crippen LogP contribution in [0.3, 0.4) is 0 Å². The van der Waals surface area contributed by atoms with Gasteiger partial charge in [0, 0.05) is 30.9 Å². The summed E-state index contributed by atoms with van der Waals surface area (Å²) in [5, 5.41) is 2.92. The Bertz CT molecular complexity index is 980. The Hall–Kier alpha value is -2.45. The van der Waals surface area contributed by atoms with E-state index in [9.17, 15) is 13.2 Å². The van der Waals surface area contributed by atoms with Crippen LogP contribution in [0.2, 0.25) is 0 Å². The van der Waals surface area contributed by atoms with Crippen LogP contribution in [0.5, 0.6) is 0 Å². The maximum atomic E-state index is 12.6. The van der Waals surface area contributed by atoms with Gasteiger partial charge in [-0.25, -0.2) is 8.42 Å². The molecule has 1 amide bonds. The first-order valence-corrected chi connectivity index (χ1v) is 11.1. The molecule has 1 saturated heterocycles. The van der Waals surface area contributed by atoms with Gasteiger partial charge in [-0.05, 0) is 36.1 Å². The molecule has 0 aliphatic carbocycles. The molecule has 1 aromatic carbocycles. The third-order valence-electron chi connectivity index (χ3n) is 5.46. The lowest BCUT2D eigenvalue weighted by Crippen LogP contribution is -2.39. The average Bonchev–Trinajstić information content (AvgIpc) is 3.26. The minimum Gasteiger partial charge on any atom is -0.367 e. The van der Waals surface area contributed by atoms with Gasteiger partial charge in [0.25, 0.3) is 0 Å². The quantitative estimate of drug-likeness (QED) is 0.815. The van der Waals surface area contributed by atoms with Gasteiger partial charge in [-0.15, -0.1) is 0 Å². The van der Waals surface area contributed by atoms with Gasteiger partial charge in [0.2, 0.25) is 15.9 Å². The molecule has 0 radical (unpaired) electrons. The Morgan fingerprint density at radius 1 is 1.32 bits per heavy atom. The summed E-state index contributed by atoms with van der Waals surface area (Å²) in [5.41, 5.74) is 2.20.